The van der Waals surface area contributed by atoms with Gasteiger partial charge in [-0.25, -0.2) is 0 Å². The second kappa shape index (κ2) is 9.48. The van der Waals surface area contributed by atoms with Gasteiger partial charge in [0.25, 0.3) is 0 Å². The zero-order valence-electron chi connectivity index (χ0n) is 23.6. The summed E-state index contributed by atoms with van der Waals surface area (Å²) in [4.78, 5) is 0. The number of hydrogen-bond acceptors (Lipinski definition) is 0. The van der Waals surface area contributed by atoms with Crippen molar-refractivity contribution in [3.63, 3.8) is 0 Å². The van der Waals surface area contributed by atoms with Gasteiger partial charge in [-0.15, -0.1) is 0 Å². The molecule has 4 atom stereocenters. The lowest BCUT2D eigenvalue weighted by Crippen LogP contribution is -2.28. The summed E-state index contributed by atoms with van der Waals surface area (Å²) in [7, 11) is 0. The molecule has 0 heteroatoms. The Labute approximate surface area is 239 Å². The van der Waals surface area contributed by atoms with Crippen LogP contribution in [0.15, 0.2) is 109 Å². The smallest absolute Gasteiger partial charge is 0.00990 e. The molecule has 0 N–H and O–H groups in total. The van der Waals surface area contributed by atoms with Gasteiger partial charge in [-0.05, 0) is 123 Å². The minimum Gasteiger partial charge on any atom is -0.0622 e. The van der Waals surface area contributed by atoms with E-state index in [0.717, 1.165) is 0 Å². The molecule has 40 heavy (non-hydrogen) atoms. The molecule has 0 nitrogen and oxygen atoms in total. The van der Waals surface area contributed by atoms with E-state index in [9.17, 15) is 0 Å². The van der Waals surface area contributed by atoms with Crippen LogP contribution in [0.25, 0.3) is 21.9 Å². The number of benzene rings is 5. The average molecular weight is 519 g/mol. The summed E-state index contributed by atoms with van der Waals surface area (Å²) in [5, 5.41) is 2.72. The normalized spacial score (nSPS) is 25.3. The Hall–Kier alpha value is -3.64. The molecular weight excluding hydrogens is 480 g/mol. The van der Waals surface area contributed by atoms with E-state index >= 15 is 0 Å². The van der Waals surface area contributed by atoms with Crippen LogP contribution in [0, 0.1) is 5.41 Å². The van der Waals surface area contributed by atoms with Crippen molar-refractivity contribution in [3.8, 4) is 11.1 Å². The third-order valence-corrected chi connectivity index (χ3v) is 10.9. The lowest BCUT2D eigenvalue weighted by Gasteiger charge is -2.40. The third-order valence-electron chi connectivity index (χ3n) is 10.9. The standard InChI is InChI=1S/C40H38/c1-40-22-21-37-36-19-17-33(32-16-15-28-9-5-6-10-31(28)23-32)24-34(36)18-20-38(37)39(40)25-35(26-40)30-13-11-29(12-14-30)27-7-3-2-4-8-27/h2-16,18,20,23,33,35,39H,17,19,21-22,24-26H2,1H3/t33?,35?,39-,40+/m0/s1. The fourth-order valence-corrected chi connectivity index (χ4v) is 8.70. The van der Waals surface area contributed by atoms with Gasteiger partial charge in [0.1, 0.15) is 0 Å². The maximum atomic E-state index is 2.59. The second-order valence-corrected chi connectivity index (χ2v) is 13.1. The highest BCUT2D eigenvalue weighted by Crippen LogP contribution is 2.61. The third kappa shape index (κ3) is 4.03. The van der Waals surface area contributed by atoms with Gasteiger partial charge in [-0.2, -0.15) is 0 Å². The Morgan fingerprint density at radius 1 is 0.625 bits per heavy atom. The lowest BCUT2D eigenvalue weighted by atomic mass is 9.64. The molecule has 0 heterocycles. The fourth-order valence-electron chi connectivity index (χ4n) is 8.70. The van der Waals surface area contributed by atoms with E-state index in [0.29, 0.717) is 23.2 Å². The van der Waals surface area contributed by atoms with Crippen LogP contribution < -0.4 is 0 Å². The molecule has 8 rings (SSSR count). The molecule has 0 spiro atoms. The Kier molecular flexibility index (Phi) is 5.73. The van der Waals surface area contributed by atoms with E-state index < -0.39 is 0 Å². The summed E-state index contributed by atoms with van der Waals surface area (Å²) in [6.45, 7) is 2.59. The molecule has 1 saturated carbocycles. The average Bonchev–Trinajstić information content (AvgIpc) is 3.39. The van der Waals surface area contributed by atoms with Crippen molar-refractivity contribution in [2.45, 2.75) is 69.6 Å². The topological polar surface area (TPSA) is 0 Å². The number of fused-ring (bicyclic) bond motifs is 6. The predicted molar refractivity (Wildman–Crippen MR) is 168 cm³/mol. The minimum absolute atomic E-state index is 0.423. The van der Waals surface area contributed by atoms with Crippen LogP contribution in [-0.4, -0.2) is 0 Å². The molecule has 0 aliphatic heterocycles. The van der Waals surface area contributed by atoms with Gasteiger partial charge in [-0.1, -0.05) is 116 Å². The van der Waals surface area contributed by atoms with Gasteiger partial charge in [0.05, 0.1) is 0 Å². The van der Waals surface area contributed by atoms with E-state index in [1.165, 1.54) is 78.0 Å². The quantitative estimate of drug-likeness (QED) is 0.223. The minimum atomic E-state index is 0.423. The van der Waals surface area contributed by atoms with Crippen LogP contribution in [0.3, 0.4) is 0 Å². The maximum Gasteiger partial charge on any atom is -0.00990 e. The molecule has 2 unspecified atom stereocenters. The first kappa shape index (κ1) is 24.2. The van der Waals surface area contributed by atoms with Crippen LogP contribution in [0.2, 0.25) is 0 Å². The summed E-state index contributed by atoms with van der Waals surface area (Å²) < 4.78 is 0. The summed E-state index contributed by atoms with van der Waals surface area (Å²) in [5.74, 6) is 2.00. The van der Waals surface area contributed by atoms with E-state index in [2.05, 4.69) is 116 Å². The Morgan fingerprint density at radius 2 is 1.38 bits per heavy atom. The van der Waals surface area contributed by atoms with E-state index in [4.69, 9.17) is 0 Å². The molecule has 0 amide bonds. The number of rotatable bonds is 3. The van der Waals surface area contributed by atoms with E-state index in [1.54, 1.807) is 22.3 Å². The highest BCUT2D eigenvalue weighted by atomic mass is 14.5. The number of hydrogen-bond donors (Lipinski definition) is 0. The molecule has 5 aromatic rings. The fraction of sp³-hybridized carbons (Fsp3) is 0.300. The van der Waals surface area contributed by atoms with Crippen LogP contribution in [0.5, 0.6) is 0 Å². The first-order valence-electron chi connectivity index (χ1n) is 15.4. The van der Waals surface area contributed by atoms with Crippen LogP contribution in [0.1, 0.15) is 83.7 Å². The highest BCUT2D eigenvalue weighted by molar-refractivity contribution is 5.83. The SMILES string of the molecule is C[C@]12CCc3c(ccc4c3CCC(c3ccc5ccccc5c3)C4)[C@@H]1CC(c1ccc(-c3ccccc3)cc1)C2. The van der Waals surface area contributed by atoms with Crippen LogP contribution in [-0.2, 0) is 19.3 Å². The molecule has 3 aliphatic carbocycles. The zero-order valence-corrected chi connectivity index (χ0v) is 23.6. The summed E-state index contributed by atoms with van der Waals surface area (Å²) >= 11 is 0. The van der Waals surface area contributed by atoms with E-state index in [1.807, 2.05) is 0 Å². The van der Waals surface area contributed by atoms with Crippen molar-refractivity contribution >= 4 is 10.8 Å². The molecule has 1 fully saturated rings. The Balaban J connectivity index is 1.05. The molecule has 0 aromatic heterocycles. The molecule has 3 aliphatic rings. The summed E-state index contributed by atoms with van der Waals surface area (Å²) in [5.41, 5.74) is 12.9. The van der Waals surface area contributed by atoms with Gasteiger partial charge in [0, 0.05) is 0 Å². The second-order valence-electron chi connectivity index (χ2n) is 13.1. The molecule has 0 bridgehead atoms. The molecule has 198 valence electrons. The Bertz CT molecular complexity index is 1690. The van der Waals surface area contributed by atoms with Gasteiger partial charge in [0.2, 0.25) is 0 Å². The van der Waals surface area contributed by atoms with Gasteiger partial charge >= 0.3 is 0 Å². The van der Waals surface area contributed by atoms with Crippen molar-refractivity contribution in [1.82, 2.24) is 0 Å². The predicted octanol–water partition coefficient (Wildman–Crippen LogP) is 10.4. The van der Waals surface area contributed by atoms with Crippen molar-refractivity contribution in [1.29, 1.82) is 0 Å². The molecular formula is C40H38. The van der Waals surface area contributed by atoms with Gasteiger partial charge < -0.3 is 0 Å². The summed E-state index contributed by atoms with van der Waals surface area (Å²) in [6.07, 6.45) is 8.94. The van der Waals surface area contributed by atoms with Gasteiger partial charge in [0.15, 0.2) is 0 Å². The van der Waals surface area contributed by atoms with Gasteiger partial charge in [-0.3, -0.25) is 0 Å². The van der Waals surface area contributed by atoms with E-state index in [-0.39, 0.29) is 0 Å². The van der Waals surface area contributed by atoms with Crippen molar-refractivity contribution in [2.75, 3.05) is 0 Å². The summed E-state index contributed by atoms with van der Waals surface area (Å²) in [6, 6.07) is 41.3. The zero-order chi connectivity index (χ0) is 26.7. The maximum absolute atomic E-state index is 2.59. The molecule has 0 radical (unpaired) electrons. The largest absolute Gasteiger partial charge is 0.0622 e. The van der Waals surface area contributed by atoms with Crippen LogP contribution in [0.4, 0.5) is 0 Å². The Morgan fingerprint density at radius 3 is 2.23 bits per heavy atom. The molecule has 0 saturated heterocycles. The first-order valence-corrected chi connectivity index (χ1v) is 15.4. The van der Waals surface area contributed by atoms with Crippen molar-refractivity contribution < 1.29 is 0 Å². The highest BCUT2D eigenvalue weighted by Gasteiger charge is 2.48. The first-order chi connectivity index (χ1) is 19.6. The van der Waals surface area contributed by atoms with Crippen molar-refractivity contribution in [3.05, 3.63) is 143 Å². The monoisotopic (exact) mass is 518 g/mol. The molecule has 5 aromatic carbocycles. The van der Waals surface area contributed by atoms with Crippen LogP contribution >= 0.6 is 0 Å². The van der Waals surface area contributed by atoms with Crippen molar-refractivity contribution in [2.24, 2.45) is 5.41 Å². The lowest BCUT2D eigenvalue weighted by molar-refractivity contribution is 0.249.